The van der Waals surface area contributed by atoms with Crippen molar-refractivity contribution in [2.45, 2.75) is 72.6 Å². The molecule has 0 spiro atoms. The summed E-state index contributed by atoms with van der Waals surface area (Å²) in [6.45, 7) is 13.4. The molecule has 0 aliphatic carbocycles. The van der Waals surface area contributed by atoms with Crippen LogP contribution in [0, 0.1) is 16.7 Å². The highest BCUT2D eigenvalue weighted by Gasteiger charge is 2.35. The lowest BCUT2D eigenvalue weighted by Crippen LogP contribution is -2.47. The maximum atomic E-state index is 12.6. The van der Waals surface area contributed by atoms with Crippen LogP contribution in [-0.2, 0) is 9.47 Å². The first-order valence-corrected chi connectivity index (χ1v) is 7.89. The second-order valence-electron chi connectivity index (χ2n) is 7.61. The number of allylic oxidation sites excluding steroid dienone is 1. The lowest BCUT2D eigenvalue weighted by Gasteiger charge is -2.31. The zero-order valence-electron chi connectivity index (χ0n) is 16.2. The number of imide groups is 1. The van der Waals surface area contributed by atoms with Gasteiger partial charge in [-0.25, -0.2) is 9.59 Å². The zero-order chi connectivity index (χ0) is 20.0. The van der Waals surface area contributed by atoms with E-state index >= 15 is 0 Å². The van der Waals surface area contributed by atoms with Crippen molar-refractivity contribution >= 4 is 18.4 Å². The van der Waals surface area contributed by atoms with Gasteiger partial charge in [-0.05, 0) is 55.4 Å². The van der Waals surface area contributed by atoms with Gasteiger partial charge in [0.05, 0.1) is 0 Å². The number of nitrogens with zero attached hydrogens (tertiary/aromatic N) is 2. The van der Waals surface area contributed by atoms with Gasteiger partial charge >= 0.3 is 12.2 Å². The first-order valence-electron chi connectivity index (χ1n) is 7.89. The number of carbonyl (C=O) groups excluding carboxylic acids is 2. The Morgan fingerprint density at radius 3 is 1.72 bits per heavy atom. The molecular formula is C17H28N4O4. The Bertz CT molecular complexity index is 561. The minimum absolute atomic E-state index is 0.156. The summed E-state index contributed by atoms with van der Waals surface area (Å²) in [6, 6.07) is 1.57. The van der Waals surface area contributed by atoms with E-state index in [1.165, 1.54) is 0 Å². The van der Waals surface area contributed by atoms with Crippen molar-refractivity contribution < 1.29 is 19.1 Å². The summed E-state index contributed by atoms with van der Waals surface area (Å²) in [5.74, 6) is -0.156. The van der Waals surface area contributed by atoms with E-state index in [4.69, 9.17) is 14.9 Å². The van der Waals surface area contributed by atoms with Gasteiger partial charge in [0.1, 0.15) is 28.7 Å². The van der Waals surface area contributed by atoms with Gasteiger partial charge in [-0.15, -0.1) is 0 Å². The van der Waals surface area contributed by atoms with E-state index < -0.39 is 23.4 Å². The summed E-state index contributed by atoms with van der Waals surface area (Å²) in [5.41, 5.74) is -1.93. The number of nitriles is 1. The number of hydrogen-bond acceptors (Lipinski definition) is 7. The largest absolute Gasteiger partial charge is 0.443 e. The minimum Gasteiger partial charge on any atom is -0.443 e. The molecule has 0 aromatic carbocycles. The Hall–Kier alpha value is -2.56. The molecule has 25 heavy (non-hydrogen) atoms. The number of hydrogen-bond donors (Lipinski definition) is 2. The summed E-state index contributed by atoms with van der Waals surface area (Å²) in [7, 11) is 0. The maximum absolute atomic E-state index is 12.6. The predicted octanol–water partition coefficient (Wildman–Crippen LogP) is 3.54. The highest BCUT2D eigenvalue weighted by molar-refractivity contribution is 5.93. The lowest BCUT2D eigenvalue weighted by molar-refractivity contribution is 0.00672. The van der Waals surface area contributed by atoms with Crippen LogP contribution in [0.25, 0.3) is 0 Å². The molecule has 0 aromatic heterocycles. The normalized spacial score (nSPS) is 12.6. The Labute approximate surface area is 149 Å². The predicted molar refractivity (Wildman–Crippen MR) is 94.0 cm³/mol. The van der Waals surface area contributed by atoms with Crippen LogP contribution in [-0.4, -0.2) is 40.5 Å². The quantitative estimate of drug-likeness (QED) is 0.590. The van der Waals surface area contributed by atoms with E-state index in [0.29, 0.717) is 4.90 Å². The molecule has 0 rings (SSSR count). The smallest absolute Gasteiger partial charge is 0.425 e. The van der Waals surface area contributed by atoms with Crippen molar-refractivity contribution in [3.05, 3.63) is 11.4 Å². The van der Waals surface area contributed by atoms with E-state index in [1.54, 1.807) is 61.5 Å². The van der Waals surface area contributed by atoms with Gasteiger partial charge in [-0.2, -0.15) is 10.2 Å². The highest BCUT2D eigenvalue weighted by Crippen LogP contribution is 2.19. The van der Waals surface area contributed by atoms with E-state index in [9.17, 15) is 14.9 Å². The Kier molecular flexibility index (Phi) is 7.64. The standard InChI is InChI=1S/C17H28N4O4/c1-11(2)20-13(12(9-18)10-19)21(14(22)24-16(3,4)5)15(23)25-17(6,7)8/h9,11,18,20H,1-8H3/b13-12-,18-9?. The van der Waals surface area contributed by atoms with Crippen LogP contribution < -0.4 is 5.32 Å². The minimum atomic E-state index is -1.00. The monoisotopic (exact) mass is 352 g/mol. The molecule has 0 heterocycles. The van der Waals surface area contributed by atoms with Gasteiger partial charge in [0.15, 0.2) is 0 Å². The van der Waals surface area contributed by atoms with Crippen LogP contribution in [0.1, 0.15) is 55.4 Å². The van der Waals surface area contributed by atoms with Crippen LogP contribution in [0.15, 0.2) is 11.4 Å². The highest BCUT2D eigenvalue weighted by atomic mass is 16.6. The van der Waals surface area contributed by atoms with Crippen LogP contribution >= 0.6 is 0 Å². The number of rotatable bonds is 4. The Morgan fingerprint density at radius 2 is 1.48 bits per heavy atom. The number of ether oxygens (including phenoxy) is 2. The fourth-order valence-electron chi connectivity index (χ4n) is 1.56. The van der Waals surface area contributed by atoms with Crippen molar-refractivity contribution in [1.82, 2.24) is 10.2 Å². The number of nitrogens with one attached hydrogen (secondary N) is 2. The summed E-state index contributed by atoms with van der Waals surface area (Å²) in [6.07, 6.45) is -1.24. The molecule has 0 aliphatic rings. The van der Waals surface area contributed by atoms with Gasteiger partial charge < -0.3 is 20.2 Å². The van der Waals surface area contributed by atoms with Crippen molar-refractivity contribution in [1.29, 1.82) is 10.7 Å². The molecule has 0 saturated carbocycles. The van der Waals surface area contributed by atoms with E-state index in [-0.39, 0.29) is 17.4 Å². The van der Waals surface area contributed by atoms with E-state index in [2.05, 4.69) is 5.32 Å². The van der Waals surface area contributed by atoms with Crippen molar-refractivity contribution in [2.75, 3.05) is 0 Å². The molecular weight excluding hydrogens is 324 g/mol. The molecule has 0 aliphatic heterocycles. The Balaban J connectivity index is 6.18. The van der Waals surface area contributed by atoms with Crippen LogP contribution in [0.3, 0.4) is 0 Å². The fraction of sp³-hybridized carbons (Fsp3) is 0.647. The van der Waals surface area contributed by atoms with Crippen molar-refractivity contribution in [2.24, 2.45) is 0 Å². The molecule has 0 radical (unpaired) electrons. The Morgan fingerprint density at radius 1 is 1.08 bits per heavy atom. The third kappa shape index (κ3) is 8.20. The third-order valence-electron chi connectivity index (χ3n) is 2.32. The maximum Gasteiger partial charge on any atom is 0.425 e. The first kappa shape index (κ1) is 22.4. The second kappa shape index (κ2) is 8.51. The molecule has 8 nitrogen and oxygen atoms in total. The van der Waals surface area contributed by atoms with Gasteiger partial charge in [0, 0.05) is 12.3 Å². The van der Waals surface area contributed by atoms with Crippen LogP contribution in [0.4, 0.5) is 9.59 Å². The van der Waals surface area contributed by atoms with Gasteiger partial charge in [-0.1, -0.05) is 0 Å². The molecule has 0 fully saturated rings. The molecule has 0 atom stereocenters. The fourth-order valence-corrected chi connectivity index (χ4v) is 1.56. The molecule has 0 bridgehead atoms. The summed E-state index contributed by atoms with van der Waals surface area (Å²) in [4.78, 5) is 25.8. The van der Waals surface area contributed by atoms with Gasteiger partial charge in [0.25, 0.3) is 0 Å². The van der Waals surface area contributed by atoms with Crippen LogP contribution in [0.2, 0.25) is 0 Å². The molecule has 2 N–H and O–H groups in total. The molecule has 0 aromatic rings. The summed E-state index contributed by atoms with van der Waals surface area (Å²) >= 11 is 0. The lowest BCUT2D eigenvalue weighted by atomic mass is 10.2. The van der Waals surface area contributed by atoms with Crippen molar-refractivity contribution in [3.8, 4) is 6.07 Å². The zero-order valence-corrected chi connectivity index (χ0v) is 16.2. The van der Waals surface area contributed by atoms with E-state index in [0.717, 1.165) is 6.21 Å². The molecule has 0 saturated heterocycles. The summed E-state index contributed by atoms with van der Waals surface area (Å²) < 4.78 is 10.5. The molecule has 8 heteroatoms. The summed E-state index contributed by atoms with van der Waals surface area (Å²) in [5, 5.41) is 19.5. The number of carbonyl (C=O) groups is 2. The van der Waals surface area contributed by atoms with Crippen molar-refractivity contribution in [3.63, 3.8) is 0 Å². The van der Waals surface area contributed by atoms with Gasteiger partial charge in [-0.3, -0.25) is 0 Å². The third-order valence-corrected chi connectivity index (χ3v) is 2.32. The molecule has 2 amide bonds. The number of amides is 2. The van der Waals surface area contributed by atoms with E-state index in [1.807, 2.05) is 0 Å². The average molecular weight is 352 g/mol. The second-order valence-corrected chi connectivity index (χ2v) is 7.61. The topological polar surface area (TPSA) is 116 Å². The SMILES string of the molecule is CC(C)N/C(=C(/C#N)C=N)N(C(=O)OC(C)(C)C)C(=O)OC(C)(C)C. The first-order chi connectivity index (χ1) is 11.2. The average Bonchev–Trinajstić information content (AvgIpc) is 2.34. The molecule has 0 unspecified atom stereocenters. The molecule has 140 valence electrons. The van der Waals surface area contributed by atoms with Gasteiger partial charge in [0.2, 0.25) is 0 Å². The van der Waals surface area contributed by atoms with Crippen LogP contribution in [0.5, 0.6) is 0 Å².